The zero-order valence-electron chi connectivity index (χ0n) is 14.7. The molecule has 132 valence electrons. The first-order chi connectivity index (χ1) is 11.4. The van der Waals surface area contributed by atoms with E-state index in [9.17, 15) is 14.7 Å². The molecule has 6 nitrogen and oxygen atoms in total. The zero-order valence-corrected chi connectivity index (χ0v) is 14.7. The van der Waals surface area contributed by atoms with Gasteiger partial charge in [-0.3, -0.25) is 4.79 Å². The van der Waals surface area contributed by atoms with Crippen LogP contribution < -0.4 is 9.64 Å². The quantitative estimate of drug-likeness (QED) is 0.776. The second-order valence-corrected chi connectivity index (χ2v) is 6.41. The maximum atomic E-state index is 12.8. The molecule has 0 fully saturated rings. The fourth-order valence-electron chi connectivity index (χ4n) is 2.83. The molecule has 0 bridgehead atoms. The van der Waals surface area contributed by atoms with Crippen molar-refractivity contribution in [2.45, 2.75) is 39.7 Å². The standard InChI is InChI=1S/C18H25NO5/c1-11(2)16-17(20)19(7-5-6-8-23-4)14-10-13(18(21)22)12(3)9-15(14)24-16/h9-11,16H,5-8H2,1-4H3,(H,21,22)/t16-/m1/s1. The highest BCUT2D eigenvalue weighted by Gasteiger charge is 2.36. The first kappa shape index (κ1) is 18.3. The van der Waals surface area contributed by atoms with Gasteiger partial charge in [0, 0.05) is 20.3 Å². The fourth-order valence-corrected chi connectivity index (χ4v) is 2.83. The van der Waals surface area contributed by atoms with Crippen molar-refractivity contribution >= 4 is 17.6 Å². The van der Waals surface area contributed by atoms with Gasteiger partial charge in [0.05, 0.1) is 11.3 Å². The molecule has 0 saturated carbocycles. The molecule has 1 atom stereocenters. The number of carbonyl (C=O) groups excluding carboxylic acids is 1. The van der Waals surface area contributed by atoms with E-state index in [0.29, 0.717) is 30.2 Å². The third kappa shape index (κ3) is 3.70. The lowest BCUT2D eigenvalue weighted by Crippen LogP contribution is -2.48. The van der Waals surface area contributed by atoms with Crippen LogP contribution >= 0.6 is 0 Å². The lowest BCUT2D eigenvalue weighted by Gasteiger charge is -2.36. The van der Waals surface area contributed by atoms with Gasteiger partial charge in [-0.1, -0.05) is 13.8 Å². The van der Waals surface area contributed by atoms with Gasteiger partial charge in [0.1, 0.15) is 5.75 Å². The molecule has 0 spiro atoms. The van der Waals surface area contributed by atoms with Crippen LogP contribution in [0, 0.1) is 12.8 Å². The van der Waals surface area contributed by atoms with Gasteiger partial charge >= 0.3 is 5.97 Å². The number of carboxylic acid groups (broad SMARTS) is 1. The van der Waals surface area contributed by atoms with E-state index >= 15 is 0 Å². The van der Waals surface area contributed by atoms with E-state index in [1.54, 1.807) is 25.0 Å². The number of hydrogen-bond donors (Lipinski definition) is 1. The molecule has 1 aliphatic heterocycles. The van der Waals surface area contributed by atoms with E-state index in [1.165, 1.54) is 6.07 Å². The number of anilines is 1. The number of carbonyl (C=O) groups is 2. The van der Waals surface area contributed by atoms with Crippen LogP contribution in [0.3, 0.4) is 0 Å². The molecule has 0 unspecified atom stereocenters. The van der Waals surface area contributed by atoms with Crippen LogP contribution in [0.2, 0.25) is 0 Å². The second kappa shape index (κ2) is 7.66. The van der Waals surface area contributed by atoms with Crippen LogP contribution in [0.5, 0.6) is 5.75 Å². The Hall–Kier alpha value is -2.08. The van der Waals surface area contributed by atoms with Crippen molar-refractivity contribution in [3.05, 3.63) is 23.3 Å². The number of unbranched alkanes of at least 4 members (excludes halogenated alkanes) is 1. The van der Waals surface area contributed by atoms with E-state index in [0.717, 1.165) is 12.8 Å². The monoisotopic (exact) mass is 335 g/mol. The Bertz CT molecular complexity index is 626. The number of methoxy groups -OCH3 is 1. The van der Waals surface area contributed by atoms with E-state index in [2.05, 4.69) is 0 Å². The Kier molecular flexibility index (Phi) is 5.83. The number of rotatable bonds is 7. The molecular weight excluding hydrogens is 310 g/mol. The maximum absolute atomic E-state index is 12.8. The molecule has 2 rings (SSSR count). The van der Waals surface area contributed by atoms with Crippen molar-refractivity contribution in [2.75, 3.05) is 25.2 Å². The van der Waals surface area contributed by atoms with Crippen molar-refractivity contribution in [1.29, 1.82) is 0 Å². The number of aromatic carboxylic acids is 1. The van der Waals surface area contributed by atoms with Gasteiger partial charge in [0.2, 0.25) is 0 Å². The van der Waals surface area contributed by atoms with Crippen LogP contribution in [0.25, 0.3) is 0 Å². The molecule has 1 N–H and O–H groups in total. The fraction of sp³-hybridized carbons (Fsp3) is 0.556. The minimum Gasteiger partial charge on any atom is -0.478 e. The normalized spacial score (nSPS) is 17.0. The minimum atomic E-state index is -1.01. The van der Waals surface area contributed by atoms with Crippen LogP contribution in [0.15, 0.2) is 12.1 Å². The molecule has 1 heterocycles. The molecule has 24 heavy (non-hydrogen) atoms. The number of fused-ring (bicyclic) bond motifs is 1. The highest BCUT2D eigenvalue weighted by Crippen LogP contribution is 2.38. The highest BCUT2D eigenvalue weighted by molar-refractivity contribution is 6.02. The molecule has 0 saturated heterocycles. The van der Waals surface area contributed by atoms with Crippen LogP contribution in [0.4, 0.5) is 5.69 Å². The average molecular weight is 335 g/mol. The number of hydrogen-bond acceptors (Lipinski definition) is 4. The summed E-state index contributed by atoms with van der Waals surface area (Å²) < 4.78 is 10.9. The SMILES string of the molecule is COCCCCN1C(=O)[C@@H](C(C)C)Oc2cc(C)c(C(=O)O)cc21. The second-order valence-electron chi connectivity index (χ2n) is 6.41. The number of carboxylic acids is 1. The van der Waals surface area contributed by atoms with Crippen molar-refractivity contribution in [2.24, 2.45) is 5.92 Å². The van der Waals surface area contributed by atoms with Crippen molar-refractivity contribution < 1.29 is 24.2 Å². The minimum absolute atomic E-state index is 0.0339. The van der Waals surface area contributed by atoms with Crippen molar-refractivity contribution in [3.63, 3.8) is 0 Å². The van der Waals surface area contributed by atoms with Crippen LogP contribution in [0.1, 0.15) is 42.6 Å². The van der Waals surface area contributed by atoms with Gasteiger partial charge in [-0.2, -0.15) is 0 Å². The molecule has 1 amide bonds. The molecule has 0 radical (unpaired) electrons. The van der Waals surface area contributed by atoms with Crippen LogP contribution in [-0.4, -0.2) is 43.3 Å². The topological polar surface area (TPSA) is 76.1 Å². The lowest BCUT2D eigenvalue weighted by atomic mass is 10.00. The molecule has 1 aromatic carbocycles. The zero-order chi connectivity index (χ0) is 17.9. The van der Waals surface area contributed by atoms with Gasteiger partial charge in [0.15, 0.2) is 6.10 Å². The van der Waals surface area contributed by atoms with Crippen LogP contribution in [-0.2, 0) is 9.53 Å². The summed E-state index contributed by atoms with van der Waals surface area (Å²) >= 11 is 0. The Morgan fingerprint density at radius 2 is 2.08 bits per heavy atom. The lowest BCUT2D eigenvalue weighted by molar-refractivity contribution is -0.128. The summed E-state index contributed by atoms with van der Waals surface area (Å²) in [5, 5.41) is 9.34. The Labute approximate surface area is 142 Å². The number of aryl methyl sites for hydroxylation is 1. The van der Waals surface area contributed by atoms with E-state index < -0.39 is 12.1 Å². The molecule has 1 aliphatic rings. The van der Waals surface area contributed by atoms with Crippen molar-refractivity contribution in [3.8, 4) is 5.75 Å². The van der Waals surface area contributed by atoms with Gasteiger partial charge in [0.25, 0.3) is 5.91 Å². The van der Waals surface area contributed by atoms with Crippen molar-refractivity contribution in [1.82, 2.24) is 0 Å². The Morgan fingerprint density at radius 1 is 1.38 bits per heavy atom. The molecule has 0 aliphatic carbocycles. The largest absolute Gasteiger partial charge is 0.478 e. The predicted octanol–water partition coefficient (Wildman–Crippen LogP) is 2.87. The number of benzene rings is 1. The smallest absolute Gasteiger partial charge is 0.336 e. The third-order valence-electron chi connectivity index (χ3n) is 4.18. The average Bonchev–Trinajstić information content (AvgIpc) is 2.51. The maximum Gasteiger partial charge on any atom is 0.336 e. The first-order valence-corrected chi connectivity index (χ1v) is 8.21. The highest BCUT2D eigenvalue weighted by atomic mass is 16.5. The Morgan fingerprint density at radius 3 is 2.67 bits per heavy atom. The molecular formula is C18H25NO5. The van der Waals surface area contributed by atoms with Gasteiger partial charge in [-0.25, -0.2) is 4.79 Å². The first-order valence-electron chi connectivity index (χ1n) is 8.21. The summed E-state index contributed by atoms with van der Waals surface area (Å²) in [6.07, 6.45) is 1.07. The molecule has 0 aromatic heterocycles. The van der Waals surface area contributed by atoms with Gasteiger partial charge in [-0.05, 0) is 43.4 Å². The number of amides is 1. The molecule has 6 heteroatoms. The summed E-state index contributed by atoms with van der Waals surface area (Å²) in [5.74, 6) is -0.516. The number of ether oxygens (including phenoxy) is 2. The third-order valence-corrected chi connectivity index (χ3v) is 4.18. The summed E-state index contributed by atoms with van der Waals surface area (Å²) in [7, 11) is 1.64. The van der Waals surface area contributed by atoms with E-state index in [-0.39, 0.29) is 17.4 Å². The summed E-state index contributed by atoms with van der Waals surface area (Å²) in [6.45, 7) is 6.76. The Balaban J connectivity index is 2.38. The summed E-state index contributed by atoms with van der Waals surface area (Å²) in [6, 6.07) is 3.25. The van der Waals surface area contributed by atoms with Gasteiger partial charge in [-0.15, -0.1) is 0 Å². The number of nitrogens with zero attached hydrogens (tertiary/aromatic N) is 1. The predicted molar refractivity (Wildman–Crippen MR) is 90.9 cm³/mol. The molecule has 1 aromatic rings. The summed E-state index contributed by atoms with van der Waals surface area (Å²) in [4.78, 5) is 25.8. The van der Waals surface area contributed by atoms with E-state index in [1.807, 2.05) is 13.8 Å². The van der Waals surface area contributed by atoms with Gasteiger partial charge < -0.3 is 19.5 Å². The van der Waals surface area contributed by atoms with E-state index in [4.69, 9.17) is 9.47 Å². The summed E-state index contributed by atoms with van der Waals surface area (Å²) in [5.41, 5.74) is 1.35.